The highest BCUT2D eigenvalue weighted by molar-refractivity contribution is 6.52. The lowest BCUT2D eigenvalue weighted by Gasteiger charge is -2.21. The van der Waals surface area contributed by atoms with Gasteiger partial charge in [-0.15, -0.1) is 0 Å². The Balaban J connectivity index is 1.84. The molecule has 0 amide bonds. The van der Waals surface area contributed by atoms with Crippen molar-refractivity contribution in [1.29, 1.82) is 0 Å². The number of hydrogen-bond acceptors (Lipinski definition) is 4. The van der Waals surface area contributed by atoms with Crippen LogP contribution in [0.1, 0.15) is 20.7 Å². The van der Waals surface area contributed by atoms with Crippen LogP contribution in [-0.2, 0) is 0 Å². The first-order chi connectivity index (χ1) is 15.7. The van der Waals surface area contributed by atoms with Crippen LogP contribution in [0, 0.1) is 0 Å². The summed E-state index contributed by atoms with van der Waals surface area (Å²) in [5.41, 5.74) is 2.45. The fourth-order valence-corrected chi connectivity index (χ4v) is 3.35. The zero-order chi connectivity index (χ0) is 22.2. The quantitative estimate of drug-likeness (QED) is 0.282. The molecule has 1 atom stereocenters. The lowest BCUT2D eigenvalue weighted by Crippen LogP contribution is -2.42. The van der Waals surface area contributed by atoms with Gasteiger partial charge in [-0.25, -0.2) is 4.99 Å². The molecule has 0 aliphatic heterocycles. The number of rotatable bonds is 8. The molecule has 0 bridgehead atoms. The van der Waals surface area contributed by atoms with Crippen LogP contribution in [0.2, 0.25) is 0 Å². The standard InChI is InChI=1S/C28H22N2O2/c31-27(21-13-5-1-6-14-21)25(29-23-17-9-3-10-18-23)26(30-24-19-11-4-12-20-24)28(32)22-15-7-2-8-16-22/h1-20,25,29H/t25-/m1/s1. The zero-order valence-corrected chi connectivity index (χ0v) is 17.4. The third-order valence-corrected chi connectivity index (χ3v) is 4.95. The molecule has 0 aliphatic rings. The molecule has 4 aromatic carbocycles. The lowest BCUT2D eigenvalue weighted by molar-refractivity contribution is 0.0975. The van der Waals surface area contributed by atoms with Gasteiger partial charge in [-0.2, -0.15) is 0 Å². The van der Waals surface area contributed by atoms with Gasteiger partial charge in [-0.3, -0.25) is 9.59 Å². The van der Waals surface area contributed by atoms with Crippen LogP contribution in [0.15, 0.2) is 126 Å². The number of aliphatic imine (C=N–C) groups is 1. The minimum absolute atomic E-state index is 0.139. The van der Waals surface area contributed by atoms with Gasteiger partial charge in [0.15, 0.2) is 5.78 Å². The number of para-hydroxylation sites is 2. The summed E-state index contributed by atoms with van der Waals surface area (Å²) in [6, 6.07) is 35.5. The summed E-state index contributed by atoms with van der Waals surface area (Å²) in [6.07, 6.45) is 0. The highest BCUT2D eigenvalue weighted by Crippen LogP contribution is 2.19. The van der Waals surface area contributed by atoms with E-state index in [0.717, 1.165) is 5.69 Å². The third kappa shape index (κ3) is 5.05. The van der Waals surface area contributed by atoms with Gasteiger partial charge in [0.1, 0.15) is 11.8 Å². The van der Waals surface area contributed by atoms with Crippen LogP contribution in [0.5, 0.6) is 0 Å². The van der Waals surface area contributed by atoms with Gasteiger partial charge in [-0.05, 0) is 24.3 Å². The summed E-state index contributed by atoms with van der Waals surface area (Å²) in [6.45, 7) is 0. The highest BCUT2D eigenvalue weighted by Gasteiger charge is 2.31. The molecule has 0 fully saturated rings. The van der Waals surface area contributed by atoms with Gasteiger partial charge in [0, 0.05) is 16.8 Å². The van der Waals surface area contributed by atoms with E-state index >= 15 is 0 Å². The molecule has 4 nitrogen and oxygen atoms in total. The maximum Gasteiger partial charge on any atom is 0.209 e. The first-order valence-electron chi connectivity index (χ1n) is 10.4. The fraction of sp³-hybridized carbons (Fsp3) is 0.0357. The lowest BCUT2D eigenvalue weighted by atomic mass is 9.94. The van der Waals surface area contributed by atoms with Crippen LogP contribution >= 0.6 is 0 Å². The Kier molecular flexibility index (Phi) is 6.63. The predicted molar refractivity (Wildman–Crippen MR) is 129 cm³/mol. The maximum absolute atomic E-state index is 13.6. The summed E-state index contributed by atoms with van der Waals surface area (Å²) in [5, 5.41) is 3.25. The average Bonchev–Trinajstić information content (AvgIpc) is 2.87. The van der Waals surface area contributed by atoms with E-state index in [9.17, 15) is 9.59 Å². The smallest absolute Gasteiger partial charge is 0.209 e. The molecule has 0 saturated carbocycles. The number of carbonyl (C=O) groups is 2. The van der Waals surface area contributed by atoms with Crippen molar-refractivity contribution in [2.24, 2.45) is 4.99 Å². The average molecular weight is 418 g/mol. The highest BCUT2D eigenvalue weighted by atomic mass is 16.1. The van der Waals surface area contributed by atoms with Crippen molar-refractivity contribution in [2.75, 3.05) is 5.32 Å². The molecule has 0 aromatic heterocycles. The second-order valence-corrected chi connectivity index (χ2v) is 7.20. The number of nitrogens with one attached hydrogen (secondary N) is 1. The molecule has 0 aliphatic carbocycles. The van der Waals surface area contributed by atoms with Crippen LogP contribution in [0.3, 0.4) is 0 Å². The Morgan fingerprint density at radius 3 is 1.62 bits per heavy atom. The summed E-state index contributed by atoms with van der Waals surface area (Å²) < 4.78 is 0. The molecular formula is C28H22N2O2. The van der Waals surface area contributed by atoms with E-state index < -0.39 is 6.04 Å². The van der Waals surface area contributed by atoms with Crippen LogP contribution < -0.4 is 5.32 Å². The molecule has 0 saturated heterocycles. The summed E-state index contributed by atoms with van der Waals surface area (Å²) >= 11 is 0. The topological polar surface area (TPSA) is 58.5 Å². The molecule has 4 rings (SSSR count). The first kappa shape index (κ1) is 20.9. The molecule has 32 heavy (non-hydrogen) atoms. The monoisotopic (exact) mass is 418 g/mol. The number of benzene rings is 4. The molecular weight excluding hydrogens is 396 g/mol. The number of carbonyl (C=O) groups excluding carboxylic acids is 2. The van der Waals surface area contributed by atoms with Gasteiger partial charge < -0.3 is 5.32 Å². The maximum atomic E-state index is 13.6. The molecule has 0 heterocycles. The van der Waals surface area contributed by atoms with Crippen LogP contribution in [-0.4, -0.2) is 23.3 Å². The molecule has 1 N–H and O–H groups in total. The minimum atomic E-state index is -0.965. The van der Waals surface area contributed by atoms with E-state index in [4.69, 9.17) is 0 Å². The van der Waals surface area contributed by atoms with E-state index in [1.807, 2.05) is 72.8 Å². The predicted octanol–water partition coefficient (Wildman–Crippen LogP) is 6.01. The molecule has 4 aromatic rings. The number of ketones is 2. The van der Waals surface area contributed by atoms with Crippen molar-refractivity contribution >= 4 is 28.7 Å². The van der Waals surface area contributed by atoms with Gasteiger partial charge in [0.25, 0.3) is 0 Å². The molecule has 0 spiro atoms. The van der Waals surface area contributed by atoms with Crippen molar-refractivity contribution < 1.29 is 9.59 Å². The van der Waals surface area contributed by atoms with Crippen molar-refractivity contribution in [3.8, 4) is 0 Å². The van der Waals surface area contributed by atoms with Gasteiger partial charge >= 0.3 is 0 Å². The van der Waals surface area contributed by atoms with Gasteiger partial charge in [0.05, 0.1) is 5.69 Å². The number of anilines is 1. The first-order valence-corrected chi connectivity index (χ1v) is 10.4. The number of hydrogen-bond donors (Lipinski definition) is 1. The Morgan fingerprint density at radius 2 is 1.06 bits per heavy atom. The summed E-state index contributed by atoms with van der Waals surface area (Å²) in [5.74, 6) is -0.527. The second kappa shape index (κ2) is 10.1. The Labute approximate surface area is 187 Å². The van der Waals surface area contributed by atoms with Crippen LogP contribution in [0.25, 0.3) is 0 Å². The van der Waals surface area contributed by atoms with Crippen molar-refractivity contribution in [3.63, 3.8) is 0 Å². The van der Waals surface area contributed by atoms with E-state index in [1.54, 1.807) is 48.5 Å². The van der Waals surface area contributed by atoms with Gasteiger partial charge in [0.2, 0.25) is 5.78 Å². The van der Waals surface area contributed by atoms with Crippen molar-refractivity contribution in [3.05, 3.63) is 132 Å². The second-order valence-electron chi connectivity index (χ2n) is 7.20. The number of Topliss-reactive ketones (excluding diaryl/α,β-unsaturated/α-hetero) is 2. The van der Waals surface area contributed by atoms with E-state index in [-0.39, 0.29) is 17.3 Å². The third-order valence-electron chi connectivity index (χ3n) is 4.95. The fourth-order valence-electron chi connectivity index (χ4n) is 3.35. The molecule has 0 radical (unpaired) electrons. The Morgan fingerprint density at radius 1 is 0.594 bits per heavy atom. The molecule has 4 heteroatoms. The summed E-state index contributed by atoms with van der Waals surface area (Å²) in [7, 11) is 0. The van der Waals surface area contributed by atoms with Crippen LogP contribution in [0.4, 0.5) is 11.4 Å². The van der Waals surface area contributed by atoms with Gasteiger partial charge in [-0.1, -0.05) is 97.1 Å². The normalized spacial score (nSPS) is 12.1. The SMILES string of the molecule is O=C(C(=Nc1ccccc1)[C@@H](Nc1ccccc1)C(=O)c1ccccc1)c1ccccc1. The number of nitrogens with zero attached hydrogens (tertiary/aromatic N) is 1. The van der Waals surface area contributed by atoms with Crippen molar-refractivity contribution in [1.82, 2.24) is 0 Å². The van der Waals surface area contributed by atoms with E-state index in [0.29, 0.717) is 16.8 Å². The van der Waals surface area contributed by atoms with Crippen molar-refractivity contribution in [2.45, 2.75) is 6.04 Å². The summed E-state index contributed by atoms with van der Waals surface area (Å²) in [4.78, 5) is 31.9. The largest absolute Gasteiger partial charge is 0.370 e. The Hall–Kier alpha value is -4.31. The Bertz CT molecular complexity index is 1210. The van der Waals surface area contributed by atoms with E-state index in [1.165, 1.54) is 0 Å². The van der Waals surface area contributed by atoms with E-state index in [2.05, 4.69) is 10.3 Å². The molecule has 0 unspecified atom stereocenters. The zero-order valence-electron chi connectivity index (χ0n) is 17.4. The minimum Gasteiger partial charge on any atom is -0.370 e. The molecule has 156 valence electrons.